The van der Waals surface area contributed by atoms with Gasteiger partial charge in [0.25, 0.3) is 5.91 Å². The van der Waals surface area contributed by atoms with Crippen LogP contribution in [0.15, 0.2) is 48.5 Å². The predicted octanol–water partition coefficient (Wildman–Crippen LogP) is 4.23. The van der Waals surface area contributed by atoms with Crippen molar-refractivity contribution in [3.63, 3.8) is 0 Å². The van der Waals surface area contributed by atoms with E-state index in [-0.39, 0.29) is 11.7 Å². The third-order valence-electron chi connectivity index (χ3n) is 3.01. The van der Waals surface area contributed by atoms with E-state index in [2.05, 4.69) is 0 Å². The van der Waals surface area contributed by atoms with Crippen LogP contribution in [0.3, 0.4) is 0 Å². The van der Waals surface area contributed by atoms with Crippen molar-refractivity contribution in [3.05, 3.63) is 65.5 Å². The third kappa shape index (κ3) is 3.17. The van der Waals surface area contributed by atoms with Crippen LogP contribution >= 0.6 is 11.6 Å². The van der Waals surface area contributed by atoms with Gasteiger partial charge in [0.1, 0.15) is 5.82 Å². The molecule has 0 heterocycles. The van der Waals surface area contributed by atoms with E-state index in [1.165, 1.54) is 17.0 Å². The summed E-state index contributed by atoms with van der Waals surface area (Å²) in [7, 11) is 0. The normalized spacial score (nSPS) is 10.3. The van der Waals surface area contributed by atoms with Crippen molar-refractivity contribution in [2.75, 3.05) is 11.4 Å². The lowest BCUT2D eigenvalue weighted by molar-refractivity contribution is 0.0988. The SMILES string of the molecule is CCN(C(=O)c1cccc(CCl)c1)c1cccc(F)c1. The van der Waals surface area contributed by atoms with Crippen LogP contribution in [-0.4, -0.2) is 12.5 Å². The van der Waals surface area contributed by atoms with Gasteiger partial charge in [0.15, 0.2) is 0 Å². The van der Waals surface area contributed by atoms with Crippen molar-refractivity contribution >= 4 is 23.2 Å². The molecule has 20 heavy (non-hydrogen) atoms. The van der Waals surface area contributed by atoms with Gasteiger partial charge < -0.3 is 4.90 Å². The standard InChI is InChI=1S/C16H15ClFNO/c1-2-19(15-8-4-7-14(18)10-15)16(20)13-6-3-5-12(9-13)11-17/h3-10H,2,11H2,1H3. The topological polar surface area (TPSA) is 20.3 Å². The van der Waals surface area contributed by atoms with Gasteiger partial charge in [-0.3, -0.25) is 4.79 Å². The molecule has 0 aromatic heterocycles. The fraction of sp³-hybridized carbons (Fsp3) is 0.188. The van der Waals surface area contributed by atoms with E-state index in [1.54, 1.807) is 30.3 Å². The molecule has 0 aliphatic carbocycles. The molecular formula is C16H15ClFNO. The van der Waals surface area contributed by atoms with Gasteiger partial charge in [0.2, 0.25) is 0 Å². The largest absolute Gasteiger partial charge is 0.309 e. The molecule has 104 valence electrons. The highest BCUT2D eigenvalue weighted by molar-refractivity contribution is 6.17. The Hall–Kier alpha value is -1.87. The van der Waals surface area contributed by atoms with E-state index in [0.29, 0.717) is 23.7 Å². The molecule has 0 atom stereocenters. The molecule has 4 heteroatoms. The lowest BCUT2D eigenvalue weighted by atomic mass is 10.1. The summed E-state index contributed by atoms with van der Waals surface area (Å²) >= 11 is 5.78. The highest BCUT2D eigenvalue weighted by atomic mass is 35.5. The van der Waals surface area contributed by atoms with Crippen LogP contribution in [-0.2, 0) is 5.88 Å². The lowest BCUT2D eigenvalue weighted by Crippen LogP contribution is -2.30. The zero-order chi connectivity index (χ0) is 14.5. The van der Waals surface area contributed by atoms with Gasteiger partial charge in [0, 0.05) is 23.7 Å². The summed E-state index contributed by atoms with van der Waals surface area (Å²) in [6.45, 7) is 2.32. The van der Waals surface area contributed by atoms with E-state index < -0.39 is 0 Å². The second-order valence-corrected chi connectivity index (χ2v) is 4.63. The molecule has 0 saturated carbocycles. The van der Waals surface area contributed by atoms with Crippen LogP contribution in [0.4, 0.5) is 10.1 Å². The van der Waals surface area contributed by atoms with Gasteiger partial charge in [-0.15, -0.1) is 11.6 Å². The highest BCUT2D eigenvalue weighted by Crippen LogP contribution is 2.19. The Kier molecular flexibility index (Phi) is 4.74. The van der Waals surface area contributed by atoms with E-state index in [1.807, 2.05) is 13.0 Å². The second-order valence-electron chi connectivity index (χ2n) is 4.36. The van der Waals surface area contributed by atoms with Gasteiger partial charge >= 0.3 is 0 Å². The summed E-state index contributed by atoms with van der Waals surface area (Å²) in [6.07, 6.45) is 0. The molecule has 0 radical (unpaired) electrons. The van der Waals surface area contributed by atoms with Crippen molar-refractivity contribution < 1.29 is 9.18 Å². The van der Waals surface area contributed by atoms with Crippen molar-refractivity contribution in [2.45, 2.75) is 12.8 Å². The number of halogens is 2. The van der Waals surface area contributed by atoms with Crippen LogP contribution < -0.4 is 4.90 Å². The summed E-state index contributed by atoms with van der Waals surface area (Å²) < 4.78 is 13.3. The Balaban J connectivity index is 2.33. The minimum Gasteiger partial charge on any atom is -0.309 e. The second kappa shape index (κ2) is 6.53. The van der Waals surface area contributed by atoms with E-state index in [9.17, 15) is 9.18 Å². The van der Waals surface area contributed by atoms with Crippen LogP contribution in [0.2, 0.25) is 0 Å². The summed E-state index contributed by atoms with van der Waals surface area (Å²) in [6, 6.07) is 13.2. The number of amides is 1. The molecule has 1 amide bonds. The van der Waals surface area contributed by atoms with Gasteiger partial charge in [0.05, 0.1) is 0 Å². The summed E-state index contributed by atoms with van der Waals surface area (Å²) in [4.78, 5) is 14.1. The first-order valence-electron chi connectivity index (χ1n) is 6.38. The number of anilines is 1. The molecule has 0 fully saturated rings. The monoisotopic (exact) mass is 291 g/mol. The van der Waals surface area contributed by atoms with Crippen molar-refractivity contribution in [1.82, 2.24) is 0 Å². The van der Waals surface area contributed by atoms with E-state index in [4.69, 9.17) is 11.6 Å². The number of benzene rings is 2. The Bertz CT molecular complexity index is 615. The molecule has 0 aliphatic rings. The fourth-order valence-corrected chi connectivity index (χ4v) is 2.20. The number of carbonyl (C=O) groups excluding carboxylic acids is 1. The first-order chi connectivity index (χ1) is 9.65. The Morgan fingerprint density at radius 1 is 1.20 bits per heavy atom. The molecule has 2 nitrogen and oxygen atoms in total. The first kappa shape index (κ1) is 14.5. The van der Waals surface area contributed by atoms with E-state index in [0.717, 1.165) is 5.56 Å². The summed E-state index contributed by atoms with van der Waals surface area (Å²) in [5, 5.41) is 0. The molecule has 0 N–H and O–H groups in total. The van der Waals surface area contributed by atoms with Gasteiger partial charge in [-0.1, -0.05) is 18.2 Å². The molecule has 2 aromatic rings. The number of carbonyl (C=O) groups is 1. The van der Waals surface area contributed by atoms with Crippen molar-refractivity contribution in [1.29, 1.82) is 0 Å². The maximum absolute atomic E-state index is 13.3. The van der Waals surface area contributed by atoms with Crippen molar-refractivity contribution in [3.8, 4) is 0 Å². The smallest absolute Gasteiger partial charge is 0.258 e. The molecule has 0 bridgehead atoms. The van der Waals surface area contributed by atoms with Crippen LogP contribution in [0, 0.1) is 5.82 Å². The molecule has 2 aromatic carbocycles. The maximum atomic E-state index is 13.3. The summed E-state index contributed by atoms with van der Waals surface area (Å²) in [5.74, 6) is -0.166. The molecule has 0 saturated heterocycles. The minimum atomic E-state index is -0.358. The van der Waals surface area contributed by atoms with Crippen LogP contribution in [0.1, 0.15) is 22.8 Å². The van der Waals surface area contributed by atoms with Crippen LogP contribution in [0.25, 0.3) is 0 Å². The zero-order valence-corrected chi connectivity index (χ0v) is 11.9. The van der Waals surface area contributed by atoms with Gasteiger partial charge in [-0.2, -0.15) is 0 Å². The Morgan fingerprint density at radius 2 is 1.95 bits per heavy atom. The van der Waals surface area contributed by atoms with Crippen molar-refractivity contribution in [2.24, 2.45) is 0 Å². The van der Waals surface area contributed by atoms with Gasteiger partial charge in [-0.25, -0.2) is 4.39 Å². The molecule has 0 aliphatic heterocycles. The Morgan fingerprint density at radius 3 is 2.60 bits per heavy atom. The zero-order valence-electron chi connectivity index (χ0n) is 11.1. The Labute approximate surface area is 122 Å². The van der Waals surface area contributed by atoms with Gasteiger partial charge in [-0.05, 0) is 42.8 Å². The third-order valence-corrected chi connectivity index (χ3v) is 3.32. The summed E-state index contributed by atoms with van der Waals surface area (Å²) in [5.41, 5.74) is 1.98. The molecular weight excluding hydrogens is 277 g/mol. The number of hydrogen-bond acceptors (Lipinski definition) is 1. The number of nitrogens with zero attached hydrogens (tertiary/aromatic N) is 1. The number of hydrogen-bond donors (Lipinski definition) is 0. The predicted molar refractivity (Wildman–Crippen MR) is 79.7 cm³/mol. The molecule has 0 spiro atoms. The average molecular weight is 292 g/mol. The minimum absolute atomic E-state index is 0.162. The quantitative estimate of drug-likeness (QED) is 0.772. The highest BCUT2D eigenvalue weighted by Gasteiger charge is 2.16. The van der Waals surface area contributed by atoms with E-state index >= 15 is 0 Å². The maximum Gasteiger partial charge on any atom is 0.258 e. The lowest BCUT2D eigenvalue weighted by Gasteiger charge is -2.21. The fourth-order valence-electron chi connectivity index (χ4n) is 2.03. The molecule has 0 unspecified atom stereocenters. The average Bonchev–Trinajstić information content (AvgIpc) is 2.48. The first-order valence-corrected chi connectivity index (χ1v) is 6.91. The number of rotatable bonds is 4. The van der Waals surface area contributed by atoms with Crippen LogP contribution in [0.5, 0.6) is 0 Å². The number of alkyl halides is 1. The molecule has 2 rings (SSSR count).